The number of nitrogens with one attached hydrogen (secondary N) is 3. The van der Waals surface area contributed by atoms with Gasteiger partial charge in [-0.25, -0.2) is 4.39 Å². The molecule has 0 aliphatic heterocycles. The normalized spacial score (nSPS) is 11.0. The van der Waals surface area contributed by atoms with Crippen molar-refractivity contribution in [2.75, 3.05) is 12.4 Å². The summed E-state index contributed by atoms with van der Waals surface area (Å²) < 4.78 is 13.4. The van der Waals surface area contributed by atoms with Crippen molar-refractivity contribution in [3.8, 4) is 0 Å². The number of rotatable bonds is 7. The molecule has 2 aromatic rings. The van der Waals surface area contributed by atoms with Crippen LogP contribution in [-0.2, 0) is 17.9 Å². The number of anilines is 1. The lowest BCUT2D eigenvalue weighted by Gasteiger charge is -2.13. The Kier molecular flexibility index (Phi) is 10.6. The summed E-state index contributed by atoms with van der Waals surface area (Å²) in [4.78, 5) is 16.1. The second-order valence-electron chi connectivity index (χ2n) is 7.21. The Hall–Kier alpha value is -2.16. The Bertz CT molecular complexity index is 839. The third-order valence-corrected chi connectivity index (χ3v) is 4.17. The van der Waals surface area contributed by atoms with E-state index in [1.54, 1.807) is 20.0 Å². The average molecular weight is 512 g/mol. The van der Waals surface area contributed by atoms with Gasteiger partial charge >= 0.3 is 0 Å². The monoisotopic (exact) mass is 512 g/mol. The quantitative estimate of drug-likeness (QED) is 0.289. The summed E-state index contributed by atoms with van der Waals surface area (Å²) in [6.45, 7) is 6.90. The first-order chi connectivity index (χ1) is 13.4. The summed E-state index contributed by atoms with van der Waals surface area (Å²) in [7, 11) is 1.70. The fourth-order valence-corrected chi connectivity index (χ4v) is 2.75. The van der Waals surface area contributed by atoms with Crippen LogP contribution in [0, 0.1) is 18.7 Å². The number of carbonyl (C=O) groups is 1. The second-order valence-corrected chi connectivity index (χ2v) is 7.21. The lowest BCUT2D eigenvalue weighted by molar-refractivity contribution is -0.116. The van der Waals surface area contributed by atoms with Gasteiger partial charge in [0.15, 0.2) is 5.96 Å². The topological polar surface area (TPSA) is 65.5 Å². The first kappa shape index (κ1) is 24.9. The molecule has 0 fully saturated rings. The number of halogens is 2. The van der Waals surface area contributed by atoms with Crippen LogP contribution in [0.2, 0.25) is 0 Å². The van der Waals surface area contributed by atoms with E-state index < -0.39 is 0 Å². The Morgan fingerprint density at radius 1 is 1.07 bits per heavy atom. The van der Waals surface area contributed by atoms with E-state index in [9.17, 15) is 9.18 Å². The summed E-state index contributed by atoms with van der Waals surface area (Å²) >= 11 is 0. The molecule has 7 heteroatoms. The van der Waals surface area contributed by atoms with Gasteiger partial charge in [0.25, 0.3) is 0 Å². The van der Waals surface area contributed by atoms with Gasteiger partial charge in [-0.2, -0.15) is 0 Å². The van der Waals surface area contributed by atoms with Gasteiger partial charge in [-0.15, -0.1) is 24.0 Å². The fraction of sp³-hybridized carbons (Fsp3) is 0.364. The summed E-state index contributed by atoms with van der Waals surface area (Å²) in [5, 5.41) is 9.39. The van der Waals surface area contributed by atoms with Gasteiger partial charge in [-0.1, -0.05) is 38.1 Å². The van der Waals surface area contributed by atoms with Gasteiger partial charge < -0.3 is 16.0 Å². The van der Waals surface area contributed by atoms with Crippen molar-refractivity contribution in [2.24, 2.45) is 10.9 Å². The molecule has 0 saturated heterocycles. The van der Waals surface area contributed by atoms with Gasteiger partial charge in [0, 0.05) is 32.2 Å². The van der Waals surface area contributed by atoms with E-state index in [0.717, 1.165) is 16.8 Å². The number of nitrogens with zero attached hydrogens (tertiary/aromatic N) is 1. The summed E-state index contributed by atoms with van der Waals surface area (Å²) in [5.74, 6) is 0.791. The molecule has 0 heterocycles. The maximum absolute atomic E-state index is 13.4. The van der Waals surface area contributed by atoms with E-state index in [4.69, 9.17) is 0 Å². The lowest BCUT2D eigenvalue weighted by Crippen LogP contribution is -2.36. The molecule has 0 aromatic heterocycles. The highest BCUT2D eigenvalue weighted by atomic mass is 127. The van der Waals surface area contributed by atoms with Crippen molar-refractivity contribution in [3.05, 3.63) is 65.0 Å². The van der Waals surface area contributed by atoms with Crippen LogP contribution in [0.4, 0.5) is 10.1 Å². The molecule has 0 saturated carbocycles. The molecule has 0 radical (unpaired) electrons. The molecule has 29 heavy (non-hydrogen) atoms. The lowest BCUT2D eigenvalue weighted by atomic mass is 10.1. The smallest absolute Gasteiger partial charge is 0.224 e. The highest BCUT2D eigenvalue weighted by molar-refractivity contribution is 14.0. The number of guanidine groups is 1. The molecule has 0 aliphatic carbocycles. The SMILES string of the molecule is CN=C(NCc1cccc(NC(=O)CC(C)C)c1)NCc1ccc(F)c(C)c1.I. The number of hydrogen-bond acceptors (Lipinski definition) is 2. The van der Waals surface area contributed by atoms with Crippen LogP contribution in [0.25, 0.3) is 0 Å². The Morgan fingerprint density at radius 2 is 1.72 bits per heavy atom. The molecule has 5 nitrogen and oxygen atoms in total. The molecule has 158 valence electrons. The highest BCUT2D eigenvalue weighted by Gasteiger charge is 2.06. The standard InChI is InChI=1S/C22H29FN4O.HI/c1-15(2)10-21(28)27-19-7-5-6-17(12-19)13-25-22(24-4)26-14-18-8-9-20(23)16(3)11-18;/h5-9,11-12,15H,10,13-14H2,1-4H3,(H,27,28)(H2,24,25,26);1H. The van der Waals surface area contributed by atoms with Crippen molar-refractivity contribution in [3.63, 3.8) is 0 Å². The zero-order valence-electron chi connectivity index (χ0n) is 17.4. The average Bonchev–Trinajstić information content (AvgIpc) is 2.64. The molecule has 0 spiro atoms. The molecular weight excluding hydrogens is 482 g/mol. The van der Waals surface area contributed by atoms with Crippen molar-refractivity contribution in [1.82, 2.24) is 10.6 Å². The number of amides is 1. The maximum Gasteiger partial charge on any atom is 0.224 e. The third-order valence-electron chi connectivity index (χ3n) is 4.17. The molecule has 0 bridgehead atoms. The molecule has 1 amide bonds. The minimum atomic E-state index is -0.202. The van der Waals surface area contributed by atoms with E-state index in [1.807, 2.05) is 44.2 Å². The summed E-state index contributed by atoms with van der Waals surface area (Å²) in [6.07, 6.45) is 0.502. The van der Waals surface area contributed by atoms with Gasteiger partial charge in [-0.05, 0) is 47.7 Å². The molecule has 2 rings (SSSR count). The first-order valence-electron chi connectivity index (χ1n) is 9.45. The van der Waals surface area contributed by atoms with Gasteiger partial charge in [0.05, 0.1) is 0 Å². The van der Waals surface area contributed by atoms with E-state index in [-0.39, 0.29) is 35.7 Å². The van der Waals surface area contributed by atoms with Gasteiger partial charge in [-0.3, -0.25) is 9.79 Å². The number of aliphatic imine (C=N–C) groups is 1. The predicted molar refractivity (Wildman–Crippen MR) is 128 cm³/mol. The Balaban J connectivity index is 0.00000420. The van der Waals surface area contributed by atoms with Crippen LogP contribution in [0.15, 0.2) is 47.5 Å². The number of benzene rings is 2. The third kappa shape index (κ3) is 8.81. The van der Waals surface area contributed by atoms with Crippen LogP contribution >= 0.6 is 24.0 Å². The largest absolute Gasteiger partial charge is 0.352 e. The number of hydrogen-bond donors (Lipinski definition) is 3. The van der Waals surface area contributed by atoms with Crippen molar-refractivity contribution < 1.29 is 9.18 Å². The summed E-state index contributed by atoms with van der Waals surface area (Å²) in [6, 6.07) is 12.8. The zero-order valence-corrected chi connectivity index (χ0v) is 19.7. The van der Waals surface area contributed by atoms with Crippen LogP contribution in [0.1, 0.15) is 37.0 Å². The first-order valence-corrected chi connectivity index (χ1v) is 9.45. The van der Waals surface area contributed by atoms with E-state index >= 15 is 0 Å². The van der Waals surface area contributed by atoms with Crippen LogP contribution in [0.5, 0.6) is 0 Å². The number of aryl methyl sites for hydroxylation is 1. The summed E-state index contributed by atoms with van der Waals surface area (Å²) in [5.41, 5.74) is 3.42. The molecule has 0 atom stereocenters. The Labute approximate surface area is 189 Å². The zero-order chi connectivity index (χ0) is 20.5. The van der Waals surface area contributed by atoms with E-state index in [1.165, 1.54) is 6.07 Å². The molecule has 2 aromatic carbocycles. The minimum Gasteiger partial charge on any atom is -0.352 e. The maximum atomic E-state index is 13.4. The fourth-order valence-electron chi connectivity index (χ4n) is 2.75. The molecule has 0 unspecified atom stereocenters. The van der Waals surface area contributed by atoms with E-state index in [0.29, 0.717) is 37.0 Å². The van der Waals surface area contributed by atoms with Gasteiger partial charge in [0.2, 0.25) is 5.91 Å². The van der Waals surface area contributed by atoms with Crippen molar-refractivity contribution in [1.29, 1.82) is 0 Å². The van der Waals surface area contributed by atoms with Crippen molar-refractivity contribution in [2.45, 2.75) is 40.3 Å². The van der Waals surface area contributed by atoms with Crippen LogP contribution in [-0.4, -0.2) is 18.9 Å². The van der Waals surface area contributed by atoms with Gasteiger partial charge in [0.1, 0.15) is 5.82 Å². The van der Waals surface area contributed by atoms with Crippen LogP contribution < -0.4 is 16.0 Å². The highest BCUT2D eigenvalue weighted by Crippen LogP contribution is 2.12. The Morgan fingerprint density at radius 3 is 2.31 bits per heavy atom. The minimum absolute atomic E-state index is 0. The van der Waals surface area contributed by atoms with E-state index in [2.05, 4.69) is 20.9 Å². The predicted octanol–water partition coefficient (Wildman–Crippen LogP) is 4.60. The molecular formula is C22H30FIN4O. The van der Waals surface area contributed by atoms with Crippen LogP contribution in [0.3, 0.4) is 0 Å². The number of carbonyl (C=O) groups excluding carboxylic acids is 1. The molecule has 0 aliphatic rings. The second kappa shape index (κ2) is 12.4. The molecule has 3 N–H and O–H groups in total. The van der Waals surface area contributed by atoms with Crippen molar-refractivity contribution >= 4 is 41.5 Å².